The van der Waals surface area contributed by atoms with Crippen molar-refractivity contribution >= 4 is 0 Å². The van der Waals surface area contributed by atoms with E-state index in [9.17, 15) is 5.26 Å². The molecule has 0 spiro atoms. The molecule has 0 aliphatic carbocycles. The molecule has 7 nitrogen and oxygen atoms in total. The van der Waals surface area contributed by atoms with E-state index in [0.717, 1.165) is 22.4 Å². The van der Waals surface area contributed by atoms with E-state index in [1.807, 2.05) is 32.9 Å². The van der Waals surface area contributed by atoms with E-state index < -0.39 is 0 Å². The molecular formula is C18H20N4O3. The summed E-state index contributed by atoms with van der Waals surface area (Å²) >= 11 is 0. The molecule has 2 heterocycles. The molecule has 1 aromatic carbocycles. The first-order chi connectivity index (χ1) is 12.0. The molecule has 1 aliphatic rings. The fourth-order valence-corrected chi connectivity index (χ4v) is 3.13. The van der Waals surface area contributed by atoms with Crippen molar-refractivity contribution in [2.24, 2.45) is 5.73 Å². The van der Waals surface area contributed by atoms with Gasteiger partial charge in [0.15, 0.2) is 11.5 Å². The molecule has 0 saturated carbocycles. The maximum Gasteiger partial charge on any atom is 0.244 e. The van der Waals surface area contributed by atoms with Crippen LogP contribution in [0.25, 0.3) is 0 Å². The molecular weight excluding hydrogens is 320 g/mol. The molecule has 2 aromatic rings. The third-order valence-electron chi connectivity index (χ3n) is 4.29. The van der Waals surface area contributed by atoms with Gasteiger partial charge in [-0.3, -0.25) is 5.10 Å². The van der Waals surface area contributed by atoms with Crippen LogP contribution in [0.2, 0.25) is 0 Å². The molecule has 7 heteroatoms. The number of fused-ring (bicyclic) bond motifs is 1. The van der Waals surface area contributed by atoms with Crippen LogP contribution >= 0.6 is 0 Å². The molecule has 0 fully saturated rings. The summed E-state index contributed by atoms with van der Waals surface area (Å²) < 4.78 is 16.6. The summed E-state index contributed by atoms with van der Waals surface area (Å²) in [6, 6.07) is 5.98. The molecule has 1 aromatic heterocycles. The van der Waals surface area contributed by atoms with Crippen molar-refractivity contribution in [3.63, 3.8) is 0 Å². The lowest BCUT2D eigenvalue weighted by Crippen LogP contribution is -2.21. The van der Waals surface area contributed by atoms with Gasteiger partial charge in [0, 0.05) is 11.3 Å². The van der Waals surface area contributed by atoms with Gasteiger partial charge in [-0.1, -0.05) is 0 Å². The summed E-state index contributed by atoms with van der Waals surface area (Å²) in [6.07, 6.45) is 0. The predicted octanol–water partition coefficient (Wildman–Crippen LogP) is 2.65. The maximum absolute atomic E-state index is 9.66. The second kappa shape index (κ2) is 6.40. The van der Waals surface area contributed by atoms with E-state index in [2.05, 4.69) is 16.3 Å². The number of methoxy groups -OCH3 is 1. The van der Waals surface area contributed by atoms with Crippen LogP contribution in [0.4, 0.5) is 0 Å². The number of ether oxygens (including phenoxy) is 3. The minimum atomic E-state index is -0.377. The number of benzene rings is 1. The number of H-pyrrole nitrogens is 1. The molecule has 3 rings (SSSR count). The fourth-order valence-electron chi connectivity index (χ4n) is 3.13. The van der Waals surface area contributed by atoms with Crippen molar-refractivity contribution in [2.75, 3.05) is 13.7 Å². The largest absolute Gasteiger partial charge is 0.493 e. The first-order valence-corrected chi connectivity index (χ1v) is 7.95. The Hall–Kier alpha value is -3.14. The van der Waals surface area contributed by atoms with Crippen LogP contribution in [0, 0.1) is 25.2 Å². The van der Waals surface area contributed by atoms with Crippen LogP contribution in [0.3, 0.4) is 0 Å². The van der Waals surface area contributed by atoms with Gasteiger partial charge in [0.05, 0.1) is 19.6 Å². The van der Waals surface area contributed by atoms with E-state index in [0.29, 0.717) is 29.6 Å². The van der Waals surface area contributed by atoms with Gasteiger partial charge < -0.3 is 19.9 Å². The molecule has 3 N–H and O–H groups in total. The molecule has 1 atom stereocenters. The van der Waals surface area contributed by atoms with Crippen molar-refractivity contribution in [3.8, 4) is 23.4 Å². The quantitative estimate of drug-likeness (QED) is 0.886. The van der Waals surface area contributed by atoms with Crippen LogP contribution in [-0.2, 0) is 0 Å². The lowest BCUT2D eigenvalue weighted by molar-refractivity contribution is 0.310. The number of rotatable bonds is 4. The molecule has 0 saturated heterocycles. The van der Waals surface area contributed by atoms with Gasteiger partial charge in [-0.05, 0) is 44.0 Å². The number of hydrogen-bond donors (Lipinski definition) is 2. The number of aromatic nitrogens is 2. The average molecular weight is 340 g/mol. The van der Waals surface area contributed by atoms with E-state index in [-0.39, 0.29) is 11.8 Å². The van der Waals surface area contributed by atoms with Gasteiger partial charge in [-0.15, -0.1) is 5.10 Å². The molecule has 0 radical (unpaired) electrons. The smallest absolute Gasteiger partial charge is 0.244 e. The van der Waals surface area contributed by atoms with Gasteiger partial charge >= 0.3 is 0 Å². The number of nitrogens with zero attached hydrogens (tertiary/aromatic N) is 2. The third kappa shape index (κ3) is 2.66. The van der Waals surface area contributed by atoms with Gasteiger partial charge in [0.25, 0.3) is 0 Å². The van der Waals surface area contributed by atoms with E-state index in [1.165, 1.54) is 0 Å². The molecule has 0 bridgehead atoms. The normalized spacial score (nSPS) is 16.0. The number of allylic oxidation sites excluding steroid dienone is 1. The number of aryl methyl sites for hydroxylation is 2. The fraction of sp³-hybridized carbons (Fsp3) is 0.333. The van der Waals surface area contributed by atoms with Crippen molar-refractivity contribution in [1.82, 2.24) is 10.2 Å². The summed E-state index contributed by atoms with van der Waals surface area (Å²) in [5.41, 5.74) is 9.82. The monoisotopic (exact) mass is 340 g/mol. The summed E-state index contributed by atoms with van der Waals surface area (Å²) in [5, 5.41) is 16.7. The summed E-state index contributed by atoms with van der Waals surface area (Å²) in [5.74, 6) is 1.36. The first kappa shape index (κ1) is 16.7. The number of aromatic amines is 1. The van der Waals surface area contributed by atoms with E-state index in [4.69, 9.17) is 19.9 Å². The maximum atomic E-state index is 9.66. The first-order valence-electron chi connectivity index (χ1n) is 7.95. The lowest BCUT2D eigenvalue weighted by atomic mass is 9.82. The Kier molecular flexibility index (Phi) is 4.28. The van der Waals surface area contributed by atoms with Crippen LogP contribution in [0.5, 0.6) is 17.4 Å². The summed E-state index contributed by atoms with van der Waals surface area (Å²) in [7, 11) is 1.60. The highest BCUT2D eigenvalue weighted by molar-refractivity contribution is 5.59. The topological polar surface area (TPSA) is 106 Å². The number of hydrogen-bond acceptors (Lipinski definition) is 6. The zero-order chi connectivity index (χ0) is 18.1. The lowest BCUT2D eigenvalue weighted by Gasteiger charge is -2.25. The third-order valence-corrected chi connectivity index (χ3v) is 4.29. The van der Waals surface area contributed by atoms with Crippen molar-refractivity contribution in [3.05, 3.63) is 46.0 Å². The second-order valence-electron chi connectivity index (χ2n) is 5.78. The Bertz CT molecular complexity index is 892. The molecule has 0 amide bonds. The Morgan fingerprint density at radius 3 is 2.76 bits per heavy atom. The number of nitriles is 1. The Labute approximate surface area is 146 Å². The average Bonchev–Trinajstić information content (AvgIpc) is 2.95. The van der Waals surface area contributed by atoms with Crippen molar-refractivity contribution < 1.29 is 14.2 Å². The highest BCUT2D eigenvalue weighted by Gasteiger charge is 2.35. The van der Waals surface area contributed by atoms with Gasteiger partial charge in [0.2, 0.25) is 11.8 Å². The van der Waals surface area contributed by atoms with Crippen molar-refractivity contribution in [2.45, 2.75) is 26.7 Å². The minimum Gasteiger partial charge on any atom is -0.493 e. The predicted molar refractivity (Wildman–Crippen MR) is 91.5 cm³/mol. The Morgan fingerprint density at radius 1 is 1.36 bits per heavy atom. The number of nitrogens with two attached hydrogens (primary N) is 1. The Balaban J connectivity index is 2.25. The van der Waals surface area contributed by atoms with Gasteiger partial charge in [-0.2, -0.15) is 5.26 Å². The van der Waals surface area contributed by atoms with Gasteiger partial charge in [0.1, 0.15) is 11.6 Å². The SMILES string of the molecule is CCOc1cc(C2C(C#N)=C(N)Oc3n[nH]c(C)c32)c(C)cc1OC. The second-order valence-corrected chi connectivity index (χ2v) is 5.78. The zero-order valence-electron chi connectivity index (χ0n) is 14.6. The molecule has 130 valence electrons. The summed E-state index contributed by atoms with van der Waals surface area (Å²) in [6.45, 7) is 6.26. The number of nitrogens with one attached hydrogen (secondary N) is 1. The zero-order valence-corrected chi connectivity index (χ0v) is 14.6. The van der Waals surface area contributed by atoms with E-state index >= 15 is 0 Å². The van der Waals surface area contributed by atoms with Crippen molar-refractivity contribution in [1.29, 1.82) is 5.26 Å². The molecule has 1 aliphatic heterocycles. The highest BCUT2D eigenvalue weighted by atomic mass is 16.5. The molecule has 25 heavy (non-hydrogen) atoms. The van der Waals surface area contributed by atoms with Crippen LogP contribution in [-0.4, -0.2) is 23.9 Å². The van der Waals surface area contributed by atoms with Gasteiger partial charge in [-0.25, -0.2) is 0 Å². The summed E-state index contributed by atoms with van der Waals surface area (Å²) in [4.78, 5) is 0. The molecule has 1 unspecified atom stereocenters. The minimum absolute atomic E-state index is 0.0691. The highest BCUT2D eigenvalue weighted by Crippen LogP contribution is 2.45. The standard InChI is InChI=1S/C18H20N4O3/c1-5-24-14-7-11(9(2)6-13(14)23-4)16-12(8-19)17(20)25-18-15(16)10(3)21-22-18/h6-7,16H,5,20H2,1-4H3,(H,21,22). The van der Waals surface area contributed by atoms with Crippen LogP contribution in [0.15, 0.2) is 23.6 Å². The Morgan fingerprint density at radius 2 is 2.12 bits per heavy atom. The van der Waals surface area contributed by atoms with Crippen LogP contribution in [0.1, 0.15) is 35.2 Å². The van der Waals surface area contributed by atoms with E-state index in [1.54, 1.807) is 7.11 Å². The van der Waals surface area contributed by atoms with Crippen LogP contribution < -0.4 is 19.9 Å².